The number of anilines is 1. The molecule has 0 fully saturated rings. The third kappa shape index (κ3) is 6.49. The topological polar surface area (TPSA) is 99.0 Å². The van der Waals surface area contributed by atoms with Crippen LogP contribution >= 0.6 is 23.4 Å². The van der Waals surface area contributed by atoms with E-state index < -0.39 is 17.7 Å². The molecule has 0 bridgehead atoms. The van der Waals surface area contributed by atoms with Gasteiger partial charge in [0.05, 0.1) is 33.1 Å². The summed E-state index contributed by atoms with van der Waals surface area (Å²) in [5.74, 6) is 0.263. The Bertz CT molecular complexity index is 1030. The molecule has 2 aromatic carbocycles. The highest BCUT2D eigenvalue weighted by Crippen LogP contribution is 2.39. The van der Waals surface area contributed by atoms with Gasteiger partial charge in [0.15, 0.2) is 17.3 Å². The second kappa shape index (κ2) is 12.3. The standard InChI is InChI=1S/C22H25Cl2N3O6/c1-6-32-17-9-8-14(10-18(17)33-7-2)27(24)22(29)21(13(3)28)26-25-16-11-15(30-4)12-19(31-5)20(16)23/h8-12,21H,6-7H2,1-5H3. The van der Waals surface area contributed by atoms with Gasteiger partial charge in [0.25, 0.3) is 5.91 Å². The largest absolute Gasteiger partial charge is 0.497 e. The minimum absolute atomic E-state index is 0.146. The maximum Gasteiger partial charge on any atom is 0.276 e. The molecule has 9 nitrogen and oxygen atoms in total. The Morgan fingerprint density at radius 3 is 2.24 bits per heavy atom. The van der Waals surface area contributed by atoms with E-state index in [1.54, 1.807) is 18.2 Å². The summed E-state index contributed by atoms with van der Waals surface area (Å²) in [5, 5.41) is 8.04. The Morgan fingerprint density at radius 2 is 1.67 bits per heavy atom. The van der Waals surface area contributed by atoms with Crippen LogP contribution in [0.3, 0.4) is 0 Å². The number of ether oxygens (including phenoxy) is 4. The van der Waals surface area contributed by atoms with E-state index in [0.29, 0.717) is 36.2 Å². The highest BCUT2D eigenvalue weighted by molar-refractivity contribution is 6.39. The molecule has 0 saturated heterocycles. The number of ketones is 1. The molecule has 0 aliphatic rings. The predicted octanol–water partition coefficient (Wildman–Crippen LogP) is 5.38. The lowest BCUT2D eigenvalue weighted by Crippen LogP contribution is -2.36. The molecule has 11 heteroatoms. The van der Waals surface area contributed by atoms with E-state index in [0.717, 1.165) is 4.42 Å². The van der Waals surface area contributed by atoms with Gasteiger partial charge in [-0.2, -0.15) is 10.2 Å². The predicted molar refractivity (Wildman–Crippen MR) is 126 cm³/mol. The number of hydrogen-bond acceptors (Lipinski definition) is 8. The molecule has 0 aliphatic carbocycles. The van der Waals surface area contributed by atoms with Gasteiger partial charge in [-0.25, -0.2) is 4.42 Å². The normalized spacial score (nSPS) is 11.7. The van der Waals surface area contributed by atoms with Gasteiger partial charge in [0, 0.05) is 30.0 Å². The number of rotatable bonds is 11. The van der Waals surface area contributed by atoms with Gasteiger partial charge < -0.3 is 18.9 Å². The summed E-state index contributed by atoms with van der Waals surface area (Å²) in [6.45, 7) is 5.69. The Morgan fingerprint density at radius 1 is 1.00 bits per heavy atom. The Hall–Kier alpha value is -3.04. The van der Waals surface area contributed by atoms with Crippen LogP contribution in [-0.2, 0) is 9.59 Å². The lowest BCUT2D eigenvalue weighted by Gasteiger charge is -2.19. The van der Waals surface area contributed by atoms with Gasteiger partial charge in [0.1, 0.15) is 22.2 Å². The molecule has 0 saturated carbocycles. The lowest BCUT2D eigenvalue weighted by molar-refractivity contribution is -0.126. The molecule has 1 unspecified atom stereocenters. The Labute approximate surface area is 202 Å². The van der Waals surface area contributed by atoms with Gasteiger partial charge in [-0.1, -0.05) is 11.6 Å². The van der Waals surface area contributed by atoms with Crippen molar-refractivity contribution in [2.45, 2.75) is 26.8 Å². The SMILES string of the molecule is CCOc1ccc(N(Cl)C(=O)C(N=Nc2cc(OC)cc(OC)c2Cl)C(C)=O)cc1OCC. The summed E-state index contributed by atoms with van der Waals surface area (Å²) < 4.78 is 22.2. The summed E-state index contributed by atoms with van der Waals surface area (Å²) in [6, 6.07) is 6.29. The number of carbonyl (C=O) groups is 2. The van der Waals surface area contributed by atoms with Crippen LogP contribution in [0.1, 0.15) is 20.8 Å². The van der Waals surface area contributed by atoms with Crippen LogP contribution < -0.4 is 23.4 Å². The van der Waals surface area contributed by atoms with E-state index in [4.69, 9.17) is 42.3 Å². The van der Waals surface area contributed by atoms with Gasteiger partial charge in [-0.3, -0.25) is 9.59 Å². The van der Waals surface area contributed by atoms with Gasteiger partial charge >= 0.3 is 0 Å². The van der Waals surface area contributed by atoms with Crippen LogP contribution in [0.2, 0.25) is 5.02 Å². The molecule has 1 amide bonds. The quantitative estimate of drug-likeness (QED) is 0.234. The van der Waals surface area contributed by atoms with Crippen molar-refractivity contribution in [1.82, 2.24) is 0 Å². The summed E-state index contributed by atoms with van der Waals surface area (Å²) in [6.07, 6.45) is 0. The van der Waals surface area contributed by atoms with Gasteiger partial charge in [-0.15, -0.1) is 0 Å². The molecule has 0 heterocycles. The van der Waals surface area contributed by atoms with Crippen molar-refractivity contribution < 1.29 is 28.5 Å². The summed E-state index contributed by atoms with van der Waals surface area (Å²) in [7, 11) is 2.90. The summed E-state index contributed by atoms with van der Waals surface area (Å²) in [5.41, 5.74) is 0.434. The zero-order valence-corrected chi connectivity index (χ0v) is 20.4. The van der Waals surface area contributed by atoms with Crippen molar-refractivity contribution >= 4 is 46.4 Å². The maximum atomic E-state index is 13.0. The first-order chi connectivity index (χ1) is 15.8. The molecule has 33 heavy (non-hydrogen) atoms. The van der Waals surface area contributed by atoms with Crippen molar-refractivity contribution in [2.24, 2.45) is 10.2 Å². The lowest BCUT2D eigenvalue weighted by atomic mass is 10.2. The van der Waals surface area contributed by atoms with Gasteiger partial charge in [-0.05, 0) is 32.9 Å². The van der Waals surface area contributed by atoms with E-state index in [2.05, 4.69) is 10.2 Å². The first-order valence-corrected chi connectivity index (χ1v) is 10.7. The van der Waals surface area contributed by atoms with Crippen LogP contribution in [0.4, 0.5) is 11.4 Å². The van der Waals surface area contributed by atoms with Gasteiger partial charge in [0.2, 0.25) is 6.04 Å². The average molecular weight is 498 g/mol. The number of benzene rings is 2. The molecular formula is C22H25Cl2N3O6. The van der Waals surface area contributed by atoms with E-state index in [-0.39, 0.29) is 16.4 Å². The molecule has 178 valence electrons. The van der Waals surface area contributed by atoms with E-state index in [1.165, 1.54) is 33.3 Å². The fourth-order valence-corrected chi connectivity index (χ4v) is 3.14. The number of amides is 1. The fourth-order valence-electron chi connectivity index (χ4n) is 2.72. The minimum Gasteiger partial charge on any atom is -0.497 e. The zero-order chi connectivity index (χ0) is 24.5. The third-order valence-corrected chi connectivity index (χ3v) is 5.04. The number of methoxy groups -OCH3 is 2. The fraction of sp³-hybridized carbons (Fsp3) is 0.364. The molecule has 0 spiro atoms. The summed E-state index contributed by atoms with van der Waals surface area (Å²) in [4.78, 5) is 25.2. The van der Waals surface area contributed by atoms with Crippen molar-refractivity contribution in [3.05, 3.63) is 35.4 Å². The van der Waals surface area contributed by atoms with Crippen molar-refractivity contribution in [1.29, 1.82) is 0 Å². The average Bonchev–Trinajstić information content (AvgIpc) is 2.80. The number of nitrogens with zero attached hydrogens (tertiary/aromatic N) is 3. The molecule has 2 aromatic rings. The molecule has 2 rings (SSSR count). The minimum atomic E-state index is -1.50. The molecule has 0 N–H and O–H groups in total. The number of azo groups is 1. The third-order valence-electron chi connectivity index (χ3n) is 4.30. The zero-order valence-electron chi connectivity index (χ0n) is 18.9. The van der Waals surface area contributed by atoms with Crippen LogP contribution in [-0.4, -0.2) is 45.2 Å². The molecule has 0 aromatic heterocycles. The number of carbonyl (C=O) groups excluding carboxylic acids is 2. The molecule has 1 atom stereocenters. The van der Waals surface area contributed by atoms with Crippen LogP contribution in [0.25, 0.3) is 0 Å². The smallest absolute Gasteiger partial charge is 0.276 e. The first-order valence-electron chi connectivity index (χ1n) is 9.99. The van der Waals surface area contributed by atoms with Crippen molar-refractivity contribution in [2.75, 3.05) is 31.9 Å². The monoisotopic (exact) mass is 497 g/mol. The van der Waals surface area contributed by atoms with E-state index in [9.17, 15) is 9.59 Å². The summed E-state index contributed by atoms with van der Waals surface area (Å²) >= 11 is 12.5. The maximum absolute atomic E-state index is 13.0. The van der Waals surface area contributed by atoms with Crippen LogP contribution in [0, 0.1) is 0 Å². The number of Topliss-reactive ketones (excluding diaryl/α,β-unsaturated/α-hetero) is 1. The highest BCUT2D eigenvalue weighted by Gasteiger charge is 2.29. The van der Waals surface area contributed by atoms with Crippen molar-refractivity contribution in [3.63, 3.8) is 0 Å². The first kappa shape index (κ1) is 26.2. The number of halogens is 2. The Kier molecular flexibility index (Phi) is 9.74. The van der Waals surface area contributed by atoms with Crippen LogP contribution in [0.15, 0.2) is 40.6 Å². The second-order valence-corrected chi connectivity index (χ2v) is 7.22. The van der Waals surface area contributed by atoms with E-state index in [1.807, 2.05) is 13.8 Å². The van der Waals surface area contributed by atoms with Crippen molar-refractivity contribution in [3.8, 4) is 23.0 Å². The Balaban J connectivity index is 2.36. The molecule has 0 radical (unpaired) electrons. The number of hydrogen-bond donors (Lipinski definition) is 0. The molecular weight excluding hydrogens is 473 g/mol. The highest BCUT2D eigenvalue weighted by atomic mass is 35.5. The second-order valence-electron chi connectivity index (χ2n) is 6.51. The molecule has 0 aliphatic heterocycles. The van der Waals surface area contributed by atoms with Crippen LogP contribution in [0.5, 0.6) is 23.0 Å². The van der Waals surface area contributed by atoms with E-state index >= 15 is 0 Å².